The van der Waals surface area contributed by atoms with E-state index in [9.17, 15) is 9.59 Å². The molecule has 1 atom stereocenters. The lowest BCUT2D eigenvalue weighted by Crippen LogP contribution is -2.39. The first-order valence-electron chi connectivity index (χ1n) is 11.0. The topological polar surface area (TPSA) is 79.1 Å². The van der Waals surface area contributed by atoms with E-state index in [-0.39, 0.29) is 5.56 Å². The molecule has 7 nitrogen and oxygen atoms in total. The summed E-state index contributed by atoms with van der Waals surface area (Å²) in [6, 6.07) is 14.3. The molecule has 0 saturated carbocycles. The Balaban J connectivity index is 1.92. The first kappa shape index (κ1) is 23.5. The molecule has 1 aromatic heterocycles. The van der Waals surface area contributed by atoms with E-state index < -0.39 is 12.0 Å². The van der Waals surface area contributed by atoms with Crippen molar-refractivity contribution in [3.63, 3.8) is 0 Å². The Hall–Kier alpha value is -3.65. The van der Waals surface area contributed by atoms with Crippen LogP contribution in [0.15, 0.2) is 69.6 Å². The minimum absolute atomic E-state index is 0.233. The molecule has 0 saturated heterocycles. The number of esters is 1. The number of carbonyl (C=O) groups excluding carboxylic acids is 1. The van der Waals surface area contributed by atoms with Gasteiger partial charge in [-0.3, -0.25) is 9.36 Å². The predicted molar refractivity (Wildman–Crippen MR) is 131 cm³/mol. The van der Waals surface area contributed by atoms with E-state index in [1.165, 1.54) is 18.4 Å². The molecule has 8 heteroatoms. The lowest BCUT2D eigenvalue weighted by molar-refractivity contribution is -0.136. The molecule has 0 radical (unpaired) electrons. The fourth-order valence-electron chi connectivity index (χ4n) is 3.95. The second-order valence-electron chi connectivity index (χ2n) is 7.55. The molecule has 34 heavy (non-hydrogen) atoms. The Morgan fingerprint density at radius 2 is 1.79 bits per heavy atom. The average Bonchev–Trinajstić information content (AvgIpc) is 3.14. The Morgan fingerprint density at radius 3 is 2.47 bits per heavy atom. The lowest BCUT2D eigenvalue weighted by atomic mass is 9.96. The minimum atomic E-state index is -0.663. The molecule has 0 fully saturated rings. The minimum Gasteiger partial charge on any atom is -0.494 e. The second kappa shape index (κ2) is 10.1. The monoisotopic (exact) mass is 478 g/mol. The molecule has 3 aromatic rings. The number of thiazole rings is 1. The van der Waals surface area contributed by atoms with Crippen molar-refractivity contribution in [1.29, 1.82) is 0 Å². The number of aromatic nitrogens is 1. The summed E-state index contributed by atoms with van der Waals surface area (Å²) in [5.74, 6) is 0.896. The van der Waals surface area contributed by atoms with E-state index in [0.29, 0.717) is 45.3 Å². The Morgan fingerprint density at radius 1 is 1.09 bits per heavy atom. The number of hydrogen-bond acceptors (Lipinski definition) is 7. The summed E-state index contributed by atoms with van der Waals surface area (Å²) >= 11 is 1.28. The van der Waals surface area contributed by atoms with Gasteiger partial charge >= 0.3 is 5.97 Å². The van der Waals surface area contributed by atoms with Gasteiger partial charge in [0.05, 0.1) is 42.2 Å². The van der Waals surface area contributed by atoms with Gasteiger partial charge in [0.2, 0.25) is 0 Å². The molecule has 2 aromatic carbocycles. The average molecular weight is 479 g/mol. The molecule has 0 N–H and O–H groups in total. The summed E-state index contributed by atoms with van der Waals surface area (Å²) in [5.41, 5.74) is 2.19. The molecule has 1 aliphatic heterocycles. The first-order chi connectivity index (χ1) is 16.5. The van der Waals surface area contributed by atoms with Crippen LogP contribution in [0.2, 0.25) is 0 Å². The van der Waals surface area contributed by atoms with Gasteiger partial charge in [-0.05, 0) is 50.6 Å². The highest BCUT2D eigenvalue weighted by Gasteiger charge is 2.33. The number of carbonyl (C=O) groups is 1. The molecule has 0 amide bonds. The molecule has 0 aliphatic carbocycles. The van der Waals surface area contributed by atoms with Crippen LogP contribution in [0.1, 0.15) is 37.9 Å². The molecule has 0 spiro atoms. The molecule has 176 valence electrons. The van der Waals surface area contributed by atoms with Gasteiger partial charge in [-0.25, -0.2) is 9.79 Å². The summed E-state index contributed by atoms with van der Waals surface area (Å²) in [6.45, 7) is 6.65. The van der Waals surface area contributed by atoms with Crippen LogP contribution >= 0.6 is 11.3 Å². The van der Waals surface area contributed by atoms with Gasteiger partial charge in [0.25, 0.3) is 5.56 Å². The van der Waals surface area contributed by atoms with Crippen LogP contribution in [-0.2, 0) is 9.53 Å². The molecule has 0 bridgehead atoms. The zero-order valence-electron chi connectivity index (χ0n) is 19.5. The van der Waals surface area contributed by atoms with Gasteiger partial charge in [-0.15, -0.1) is 0 Å². The largest absolute Gasteiger partial charge is 0.494 e. The summed E-state index contributed by atoms with van der Waals surface area (Å²) in [7, 11) is 1.33. The van der Waals surface area contributed by atoms with Crippen molar-refractivity contribution in [3.8, 4) is 11.5 Å². The van der Waals surface area contributed by atoms with Gasteiger partial charge in [0.1, 0.15) is 11.5 Å². The Kier molecular flexibility index (Phi) is 6.98. The number of hydrogen-bond donors (Lipinski definition) is 0. The third-order valence-corrected chi connectivity index (χ3v) is 6.42. The van der Waals surface area contributed by atoms with Gasteiger partial charge in [0.15, 0.2) is 4.80 Å². The maximum Gasteiger partial charge on any atom is 0.338 e. The van der Waals surface area contributed by atoms with Crippen molar-refractivity contribution in [2.75, 3.05) is 20.3 Å². The number of rotatable bonds is 7. The van der Waals surface area contributed by atoms with Crippen LogP contribution in [0.5, 0.6) is 11.5 Å². The highest BCUT2D eigenvalue weighted by Crippen LogP contribution is 2.31. The van der Waals surface area contributed by atoms with E-state index in [1.54, 1.807) is 17.6 Å². The van der Waals surface area contributed by atoms with E-state index in [1.807, 2.05) is 62.4 Å². The van der Waals surface area contributed by atoms with Crippen LogP contribution in [0, 0.1) is 0 Å². The van der Waals surface area contributed by atoms with Gasteiger partial charge in [-0.1, -0.05) is 41.7 Å². The van der Waals surface area contributed by atoms with Crippen LogP contribution in [0.3, 0.4) is 0 Å². The van der Waals surface area contributed by atoms with Crippen molar-refractivity contribution in [1.82, 2.24) is 4.57 Å². The van der Waals surface area contributed by atoms with Crippen LogP contribution in [-0.4, -0.2) is 30.9 Å². The van der Waals surface area contributed by atoms with Crippen LogP contribution < -0.4 is 24.4 Å². The lowest BCUT2D eigenvalue weighted by Gasteiger charge is -2.24. The molecule has 0 unspecified atom stereocenters. The summed E-state index contributed by atoms with van der Waals surface area (Å²) in [6.07, 6.45) is 1.81. The number of methoxy groups -OCH3 is 1. The maximum absolute atomic E-state index is 13.6. The van der Waals surface area contributed by atoms with Crippen molar-refractivity contribution >= 4 is 23.4 Å². The van der Waals surface area contributed by atoms with Crippen LogP contribution in [0.4, 0.5) is 0 Å². The Bertz CT molecular complexity index is 1420. The van der Waals surface area contributed by atoms with Crippen LogP contribution in [0.25, 0.3) is 6.08 Å². The maximum atomic E-state index is 13.6. The normalized spacial score (nSPS) is 15.5. The smallest absolute Gasteiger partial charge is 0.338 e. The number of nitrogens with zero attached hydrogens (tertiary/aromatic N) is 2. The molecule has 1 aliphatic rings. The van der Waals surface area contributed by atoms with E-state index >= 15 is 0 Å². The van der Waals surface area contributed by atoms with Gasteiger partial charge in [-0.2, -0.15) is 0 Å². The van der Waals surface area contributed by atoms with Gasteiger partial charge in [0, 0.05) is 5.56 Å². The van der Waals surface area contributed by atoms with Crippen molar-refractivity contribution in [2.24, 2.45) is 4.99 Å². The highest BCUT2D eigenvalue weighted by atomic mass is 32.1. The second-order valence-corrected chi connectivity index (χ2v) is 8.56. The zero-order chi connectivity index (χ0) is 24.2. The fraction of sp³-hybridized carbons (Fsp3) is 0.269. The van der Waals surface area contributed by atoms with Crippen molar-refractivity contribution in [2.45, 2.75) is 26.8 Å². The van der Waals surface area contributed by atoms with Gasteiger partial charge < -0.3 is 14.2 Å². The summed E-state index contributed by atoms with van der Waals surface area (Å²) < 4.78 is 18.4. The third-order valence-electron chi connectivity index (χ3n) is 5.44. The molecular formula is C26H26N2O5S. The number of ether oxygens (including phenoxy) is 3. The van der Waals surface area contributed by atoms with E-state index in [4.69, 9.17) is 14.2 Å². The Labute approximate surface area is 201 Å². The predicted octanol–water partition coefficient (Wildman–Crippen LogP) is 3.21. The third kappa shape index (κ3) is 4.41. The van der Waals surface area contributed by atoms with E-state index in [2.05, 4.69) is 4.99 Å². The first-order valence-corrected chi connectivity index (χ1v) is 11.9. The summed E-state index contributed by atoms with van der Waals surface area (Å²) in [4.78, 5) is 31.5. The van der Waals surface area contributed by atoms with Crippen molar-refractivity contribution in [3.05, 3.63) is 90.6 Å². The standard InChI is InChI=1S/C26H26N2O5S/c1-5-32-19-13-11-17(12-14-19)23-22(25(30)31-4)16(3)27-26-28(23)24(29)21(34-26)15-18-9-7-8-10-20(18)33-6-2/h7-15,23H,5-6H2,1-4H3/b21-15+/t23-/m1/s1. The number of allylic oxidation sites excluding steroid dienone is 1. The fourth-order valence-corrected chi connectivity index (χ4v) is 4.99. The molecule has 2 heterocycles. The van der Waals surface area contributed by atoms with Crippen molar-refractivity contribution < 1.29 is 19.0 Å². The number of fused-ring (bicyclic) bond motifs is 1. The SMILES string of the molecule is CCOc1ccc([C@@H]2C(C(=O)OC)=C(C)N=c3s/c(=C/c4ccccc4OCC)c(=O)n32)cc1. The molecule has 4 rings (SSSR count). The zero-order valence-corrected chi connectivity index (χ0v) is 20.3. The number of benzene rings is 2. The van der Waals surface area contributed by atoms with E-state index in [0.717, 1.165) is 11.1 Å². The quantitative estimate of drug-likeness (QED) is 0.488. The highest BCUT2D eigenvalue weighted by molar-refractivity contribution is 7.07. The summed E-state index contributed by atoms with van der Waals surface area (Å²) in [5, 5.41) is 0. The molecular weight excluding hydrogens is 452 g/mol. The number of para-hydroxylation sites is 1.